The Labute approximate surface area is 160 Å². The standard InChI is InChI=1S/C19H29N5O3/c1-3-15-8-17(21-12-20-15)23-6-4-5-16(11-23)22-19(27)24-9-13(2)7-14(10-24)18(25)26/h8,12-14,16H,3-7,9-11H2,1-2H3,(H,22,27)(H,25,26). The third kappa shape index (κ3) is 4.87. The summed E-state index contributed by atoms with van der Waals surface area (Å²) in [7, 11) is 0. The van der Waals surface area contributed by atoms with Crippen molar-refractivity contribution in [1.82, 2.24) is 20.2 Å². The molecule has 0 aromatic carbocycles. The number of anilines is 1. The number of carbonyl (C=O) groups is 2. The Morgan fingerprint density at radius 2 is 2.11 bits per heavy atom. The fraction of sp³-hybridized carbons (Fsp3) is 0.684. The predicted molar refractivity (Wildman–Crippen MR) is 102 cm³/mol. The average Bonchev–Trinajstić information content (AvgIpc) is 2.67. The number of piperidine rings is 2. The van der Waals surface area contributed by atoms with Crippen molar-refractivity contribution in [2.45, 2.75) is 45.6 Å². The Bertz CT molecular complexity index is 683. The van der Waals surface area contributed by atoms with Gasteiger partial charge in [0.1, 0.15) is 12.1 Å². The van der Waals surface area contributed by atoms with Crippen molar-refractivity contribution in [2.75, 3.05) is 31.1 Å². The first kappa shape index (κ1) is 19.4. The van der Waals surface area contributed by atoms with Crippen molar-refractivity contribution < 1.29 is 14.7 Å². The van der Waals surface area contributed by atoms with E-state index in [0.717, 1.165) is 37.3 Å². The molecule has 2 N–H and O–H groups in total. The van der Waals surface area contributed by atoms with Gasteiger partial charge < -0.3 is 20.2 Å². The highest BCUT2D eigenvalue weighted by molar-refractivity contribution is 5.77. The number of urea groups is 1. The minimum atomic E-state index is -0.821. The van der Waals surface area contributed by atoms with Gasteiger partial charge in [-0.15, -0.1) is 0 Å². The number of carboxylic acids is 1. The maximum atomic E-state index is 12.7. The molecule has 8 nitrogen and oxygen atoms in total. The zero-order valence-corrected chi connectivity index (χ0v) is 16.1. The SMILES string of the molecule is CCc1cc(N2CCCC(NC(=O)N3CC(C)CC(C(=O)O)C3)C2)ncn1. The first-order chi connectivity index (χ1) is 13.0. The average molecular weight is 375 g/mol. The van der Waals surface area contributed by atoms with Crippen LogP contribution in [0.5, 0.6) is 0 Å². The van der Waals surface area contributed by atoms with Crippen molar-refractivity contribution in [2.24, 2.45) is 11.8 Å². The Balaban J connectivity index is 1.59. The fourth-order valence-corrected chi connectivity index (χ4v) is 4.02. The van der Waals surface area contributed by atoms with Gasteiger partial charge in [-0.3, -0.25) is 4.79 Å². The number of hydrogen-bond acceptors (Lipinski definition) is 5. The molecule has 0 radical (unpaired) electrons. The first-order valence-corrected chi connectivity index (χ1v) is 9.80. The second-order valence-electron chi connectivity index (χ2n) is 7.74. The minimum absolute atomic E-state index is 0.0341. The topological polar surface area (TPSA) is 98.7 Å². The molecule has 3 unspecified atom stereocenters. The molecule has 8 heteroatoms. The van der Waals surface area contributed by atoms with Crippen LogP contribution in [0.3, 0.4) is 0 Å². The molecule has 27 heavy (non-hydrogen) atoms. The van der Waals surface area contributed by atoms with Crippen LogP contribution in [0, 0.1) is 11.8 Å². The van der Waals surface area contributed by atoms with E-state index in [0.29, 0.717) is 19.5 Å². The van der Waals surface area contributed by atoms with Gasteiger partial charge in [0.05, 0.1) is 5.92 Å². The molecule has 0 aliphatic carbocycles. The molecule has 2 aliphatic rings. The molecule has 0 spiro atoms. The number of nitrogens with zero attached hydrogens (tertiary/aromatic N) is 4. The summed E-state index contributed by atoms with van der Waals surface area (Å²) >= 11 is 0. The molecule has 3 atom stereocenters. The van der Waals surface area contributed by atoms with Crippen LogP contribution >= 0.6 is 0 Å². The van der Waals surface area contributed by atoms with E-state index >= 15 is 0 Å². The number of likely N-dealkylation sites (tertiary alicyclic amines) is 1. The van der Waals surface area contributed by atoms with E-state index in [1.807, 2.05) is 13.0 Å². The summed E-state index contributed by atoms with van der Waals surface area (Å²) in [6.07, 6.45) is 4.98. The maximum Gasteiger partial charge on any atom is 0.317 e. The summed E-state index contributed by atoms with van der Waals surface area (Å²) < 4.78 is 0. The van der Waals surface area contributed by atoms with Gasteiger partial charge in [-0.25, -0.2) is 14.8 Å². The van der Waals surface area contributed by atoms with Crippen LogP contribution < -0.4 is 10.2 Å². The summed E-state index contributed by atoms with van der Waals surface area (Å²) in [5.74, 6) is -0.199. The van der Waals surface area contributed by atoms with Gasteiger partial charge in [0.2, 0.25) is 0 Å². The third-order valence-corrected chi connectivity index (χ3v) is 5.44. The van der Waals surface area contributed by atoms with Crippen LogP contribution in [-0.2, 0) is 11.2 Å². The lowest BCUT2D eigenvalue weighted by atomic mass is 9.91. The van der Waals surface area contributed by atoms with Crippen molar-refractivity contribution >= 4 is 17.8 Å². The molecule has 1 aromatic heterocycles. The molecular formula is C19H29N5O3. The van der Waals surface area contributed by atoms with Crippen molar-refractivity contribution in [1.29, 1.82) is 0 Å². The van der Waals surface area contributed by atoms with Gasteiger partial charge >= 0.3 is 12.0 Å². The fourth-order valence-electron chi connectivity index (χ4n) is 4.02. The Kier molecular flexibility index (Phi) is 6.13. The first-order valence-electron chi connectivity index (χ1n) is 9.80. The second-order valence-corrected chi connectivity index (χ2v) is 7.74. The van der Waals surface area contributed by atoms with Crippen LogP contribution in [0.1, 0.15) is 38.8 Å². The molecule has 0 saturated carbocycles. The van der Waals surface area contributed by atoms with Crippen molar-refractivity contribution in [3.8, 4) is 0 Å². The highest BCUT2D eigenvalue weighted by Crippen LogP contribution is 2.23. The Morgan fingerprint density at radius 3 is 2.85 bits per heavy atom. The Hall–Kier alpha value is -2.38. The maximum absolute atomic E-state index is 12.7. The molecule has 2 aliphatic heterocycles. The quantitative estimate of drug-likeness (QED) is 0.832. The lowest BCUT2D eigenvalue weighted by molar-refractivity contribution is -0.143. The third-order valence-electron chi connectivity index (χ3n) is 5.44. The van der Waals surface area contributed by atoms with Crippen molar-refractivity contribution in [3.63, 3.8) is 0 Å². The van der Waals surface area contributed by atoms with Gasteiger partial charge in [0.15, 0.2) is 0 Å². The van der Waals surface area contributed by atoms with E-state index in [9.17, 15) is 14.7 Å². The summed E-state index contributed by atoms with van der Waals surface area (Å²) in [5, 5.41) is 12.4. The molecule has 1 aromatic rings. The van der Waals surface area contributed by atoms with Gasteiger partial charge in [-0.05, 0) is 31.6 Å². The monoisotopic (exact) mass is 375 g/mol. The normalized spacial score (nSPS) is 25.9. The highest BCUT2D eigenvalue weighted by atomic mass is 16.4. The zero-order chi connectivity index (χ0) is 19.4. The number of aryl methyl sites for hydroxylation is 1. The largest absolute Gasteiger partial charge is 0.481 e. The summed E-state index contributed by atoms with van der Waals surface area (Å²) in [6.45, 7) is 6.57. The number of hydrogen-bond donors (Lipinski definition) is 2. The van der Waals surface area contributed by atoms with Gasteiger partial charge in [-0.1, -0.05) is 13.8 Å². The van der Waals surface area contributed by atoms with Crippen LogP contribution in [0.25, 0.3) is 0 Å². The van der Waals surface area contributed by atoms with Crippen LogP contribution in [0.4, 0.5) is 10.6 Å². The molecule has 2 amide bonds. The number of nitrogens with one attached hydrogen (secondary N) is 1. The van der Waals surface area contributed by atoms with Crippen LogP contribution in [0.2, 0.25) is 0 Å². The molecule has 2 fully saturated rings. The lowest BCUT2D eigenvalue weighted by Gasteiger charge is -2.38. The van der Waals surface area contributed by atoms with E-state index in [1.165, 1.54) is 0 Å². The zero-order valence-electron chi connectivity index (χ0n) is 16.1. The van der Waals surface area contributed by atoms with Crippen LogP contribution in [-0.4, -0.2) is 64.2 Å². The predicted octanol–water partition coefficient (Wildman–Crippen LogP) is 1.76. The molecule has 2 saturated heterocycles. The second kappa shape index (κ2) is 8.54. The number of rotatable bonds is 4. The van der Waals surface area contributed by atoms with Gasteiger partial charge in [0.25, 0.3) is 0 Å². The molecule has 3 rings (SSSR count). The van der Waals surface area contributed by atoms with E-state index in [-0.39, 0.29) is 24.5 Å². The summed E-state index contributed by atoms with van der Waals surface area (Å²) in [6, 6.07) is 1.89. The van der Waals surface area contributed by atoms with Crippen molar-refractivity contribution in [3.05, 3.63) is 18.1 Å². The summed E-state index contributed by atoms with van der Waals surface area (Å²) in [4.78, 5) is 36.5. The molecule has 148 valence electrons. The van der Waals surface area contributed by atoms with Gasteiger partial charge in [0, 0.05) is 44.0 Å². The lowest BCUT2D eigenvalue weighted by Crippen LogP contribution is -2.55. The van der Waals surface area contributed by atoms with E-state index in [1.54, 1.807) is 11.2 Å². The highest BCUT2D eigenvalue weighted by Gasteiger charge is 2.33. The van der Waals surface area contributed by atoms with Crippen LogP contribution in [0.15, 0.2) is 12.4 Å². The van der Waals surface area contributed by atoms with E-state index in [2.05, 4.69) is 27.1 Å². The number of aliphatic carboxylic acids is 1. The molecule has 3 heterocycles. The molecule has 0 bridgehead atoms. The Morgan fingerprint density at radius 1 is 1.30 bits per heavy atom. The number of carbonyl (C=O) groups excluding carboxylic acids is 1. The number of aromatic nitrogens is 2. The van der Waals surface area contributed by atoms with E-state index in [4.69, 9.17) is 0 Å². The minimum Gasteiger partial charge on any atom is -0.481 e. The van der Waals surface area contributed by atoms with E-state index < -0.39 is 11.9 Å². The summed E-state index contributed by atoms with van der Waals surface area (Å²) in [5.41, 5.74) is 1.01. The smallest absolute Gasteiger partial charge is 0.317 e. The van der Waals surface area contributed by atoms with Gasteiger partial charge in [-0.2, -0.15) is 0 Å². The number of amides is 2. The number of carboxylic acid groups (broad SMARTS) is 1. The molecular weight excluding hydrogens is 346 g/mol.